The Bertz CT molecular complexity index is 344. The van der Waals surface area contributed by atoms with Crippen molar-refractivity contribution in [1.29, 1.82) is 0 Å². The van der Waals surface area contributed by atoms with Crippen LogP contribution >= 0.6 is 0 Å². The van der Waals surface area contributed by atoms with Gasteiger partial charge in [-0.15, -0.1) is 0 Å². The van der Waals surface area contributed by atoms with Crippen molar-refractivity contribution in [2.45, 2.75) is 58.5 Å². The van der Waals surface area contributed by atoms with Crippen molar-refractivity contribution in [2.75, 3.05) is 12.8 Å². The summed E-state index contributed by atoms with van der Waals surface area (Å²) in [5.74, 6) is 1.02. The predicted molar refractivity (Wildman–Crippen MR) is 80.2 cm³/mol. The van der Waals surface area contributed by atoms with Crippen LogP contribution in [-0.4, -0.2) is 45.3 Å². The van der Waals surface area contributed by atoms with Crippen molar-refractivity contribution in [3.05, 3.63) is 0 Å². The largest absolute Gasteiger partial charge is 0.324 e. The lowest BCUT2D eigenvalue weighted by Gasteiger charge is -2.29. The van der Waals surface area contributed by atoms with Gasteiger partial charge < -0.3 is 4.90 Å². The molecule has 19 heavy (non-hydrogen) atoms. The van der Waals surface area contributed by atoms with Gasteiger partial charge in [0.05, 0.1) is 12.2 Å². The molecule has 1 fully saturated rings. The minimum Gasteiger partial charge on any atom is -0.324 e. The molecular weight excluding hydrogens is 260 g/mol. The van der Waals surface area contributed by atoms with E-state index in [-0.39, 0.29) is 23.4 Å². The Morgan fingerprint density at radius 2 is 1.84 bits per heavy atom. The third-order valence-corrected chi connectivity index (χ3v) is 4.93. The molecule has 1 rings (SSSR count). The van der Waals surface area contributed by atoms with Crippen molar-refractivity contribution < 1.29 is 9.00 Å². The van der Waals surface area contributed by atoms with E-state index >= 15 is 0 Å². The fraction of sp³-hybridized carbons (Fsp3) is 0.929. The number of nitrogens with zero attached hydrogens (tertiary/aromatic N) is 1. The molecule has 0 bridgehead atoms. The molecule has 5 heteroatoms. The SMILES string of the molecule is CC(C)CC1NC(C(C)C)N(CC(C)S(C)=O)C1=O. The highest BCUT2D eigenvalue weighted by molar-refractivity contribution is 7.84. The normalized spacial score (nSPS) is 27.4. The lowest BCUT2D eigenvalue weighted by Crippen LogP contribution is -2.45. The van der Waals surface area contributed by atoms with Crippen LogP contribution in [0.2, 0.25) is 0 Å². The zero-order valence-corrected chi connectivity index (χ0v) is 13.8. The summed E-state index contributed by atoms with van der Waals surface area (Å²) in [5, 5.41) is 3.46. The van der Waals surface area contributed by atoms with Gasteiger partial charge in [0.15, 0.2) is 0 Å². The van der Waals surface area contributed by atoms with Crippen LogP contribution in [0.5, 0.6) is 0 Å². The molecular formula is C14H28N2O2S. The van der Waals surface area contributed by atoms with Crippen LogP contribution in [0.25, 0.3) is 0 Å². The zero-order chi connectivity index (χ0) is 14.7. The number of hydrogen-bond donors (Lipinski definition) is 1. The highest BCUT2D eigenvalue weighted by Crippen LogP contribution is 2.22. The molecule has 0 aromatic heterocycles. The van der Waals surface area contributed by atoms with Gasteiger partial charge in [0, 0.05) is 28.9 Å². The second-order valence-corrected chi connectivity index (χ2v) is 8.14. The molecule has 4 atom stereocenters. The molecule has 4 unspecified atom stereocenters. The van der Waals surface area contributed by atoms with Gasteiger partial charge in [0.2, 0.25) is 5.91 Å². The Labute approximate surface area is 119 Å². The van der Waals surface area contributed by atoms with Crippen LogP contribution in [0.4, 0.5) is 0 Å². The van der Waals surface area contributed by atoms with Crippen LogP contribution in [-0.2, 0) is 15.6 Å². The van der Waals surface area contributed by atoms with Crippen LogP contribution in [0, 0.1) is 11.8 Å². The Morgan fingerprint density at radius 3 is 2.26 bits per heavy atom. The van der Waals surface area contributed by atoms with E-state index in [1.807, 2.05) is 11.8 Å². The fourth-order valence-electron chi connectivity index (χ4n) is 2.48. The topological polar surface area (TPSA) is 49.4 Å². The van der Waals surface area contributed by atoms with Crippen molar-refractivity contribution in [1.82, 2.24) is 10.2 Å². The number of nitrogens with one attached hydrogen (secondary N) is 1. The van der Waals surface area contributed by atoms with Gasteiger partial charge in [-0.05, 0) is 25.2 Å². The van der Waals surface area contributed by atoms with Crippen LogP contribution in [0.1, 0.15) is 41.0 Å². The molecule has 1 aliphatic heterocycles. The van der Waals surface area contributed by atoms with E-state index in [1.165, 1.54) is 0 Å². The maximum Gasteiger partial charge on any atom is 0.241 e. The third kappa shape index (κ3) is 4.28. The molecule has 0 aliphatic carbocycles. The third-order valence-electron chi connectivity index (χ3n) is 3.65. The quantitative estimate of drug-likeness (QED) is 0.807. The van der Waals surface area contributed by atoms with E-state index in [0.29, 0.717) is 18.4 Å². The molecule has 4 nitrogen and oxygen atoms in total. The number of hydrogen-bond acceptors (Lipinski definition) is 3. The predicted octanol–water partition coefficient (Wildman–Crippen LogP) is 1.58. The summed E-state index contributed by atoms with van der Waals surface area (Å²) in [4.78, 5) is 14.4. The maximum absolute atomic E-state index is 12.5. The lowest BCUT2D eigenvalue weighted by atomic mass is 10.0. The number of rotatable bonds is 6. The molecule has 1 amide bonds. The first-order chi connectivity index (χ1) is 8.73. The molecule has 1 heterocycles. The monoisotopic (exact) mass is 288 g/mol. The zero-order valence-electron chi connectivity index (χ0n) is 13.0. The number of carbonyl (C=O) groups excluding carboxylic acids is 1. The van der Waals surface area contributed by atoms with Crippen LogP contribution in [0.15, 0.2) is 0 Å². The molecule has 0 aromatic rings. The van der Waals surface area contributed by atoms with Gasteiger partial charge in [0.1, 0.15) is 0 Å². The fourth-order valence-corrected chi connectivity index (χ4v) is 2.85. The smallest absolute Gasteiger partial charge is 0.241 e. The minimum atomic E-state index is -0.893. The number of carbonyl (C=O) groups is 1. The van der Waals surface area contributed by atoms with Gasteiger partial charge in [-0.2, -0.15) is 0 Å². The van der Waals surface area contributed by atoms with Crippen molar-refractivity contribution in [2.24, 2.45) is 11.8 Å². The van der Waals surface area contributed by atoms with Crippen molar-refractivity contribution in [3.8, 4) is 0 Å². The Kier molecular flexibility index (Phi) is 5.99. The van der Waals surface area contributed by atoms with E-state index in [9.17, 15) is 9.00 Å². The van der Waals surface area contributed by atoms with Gasteiger partial charge in [-0.25, -0.2) is 0 Å². The van der Waals surface area contributed by atoms with E-state index in [1.54, 1.807) is 6.26 Å². The number of amides is 1. The molecule has 1 saturated heterocycles. The first-order valence-electron chi connectivity index (χ1n) is 7.12. The summed E-state index contributed by atoms with van der Waals surface area (Å²) in [6.07, 6.45) is 2.64. The molecule has 0 aromatic carbocycles. The second kappa shape index (κ2) is 6.84. The Hall–Kier alpha value is -0.420. The summed E-state index contributed by atoms with van der Waals surface area (Å²) in [7, 11) is -0.893. The van der Waals surface area contributed by atoms with Crippen LogP contribution in [0.3, 0.4) is 0 Å². The highest BCUT2D eigenvalue weighted by atomic mass is 32.2. The van der Waals surface area contributed by atoms with Gasteiger partial charge >= 0.3 is 0 Å². The highest BCUT2D eigenvalue weighted by Gasteiger charge is 2.40. The molecule has 0 saturated carbocycles. The van der Waals surface area contributed by atoms with Crippen molar-refractivity contribution in [3.63, 3.8) is 0 Å². The summed E-state index contributed by atoms with van der Waals surface area (Å²) in [5.41, 5.74) is 0. The molecule has 112 valence electrons. The summed E-state index contributed by atoms with van der Waals surface area (Å²) < 4.78 is 11.5. The van der Waals surface area contributed by atoms with E-state index in [2.05, 4.69) is 33.0 Å². The standard InChI is InChI=1S/C14H28N2O2S/c1-9(2)7-12-14(17)16(8-11(5)19(6)18)13(15-12)10(3)4/h9-13,15H,7-8H2,1-6H3. The van der Waals surface area contributed by atoms with Gasteiger partial charge in [-0.1, -0.05) is 27.7 Å². The Balaban J connectivity index is 2.80. The van der Waals surface area contributed by atoms with E-state index < -0.39 is 10.8 Å². The van der Waals surface area contributed by atoms with Gasteiger partial charge in [-0.3, -0.25) is 14.3 Å². The summed E-state index contributed by atoms with van der Waals surface area (Å²) in [6, 6.07) is -0.0788. The Morgan fingerprint density at radius 1 is 1.26 bits per heavy atom. The van der Waals surface area contributed by atoms with E-state index in [4.69, 9.17) is 0 Å². The molecule has 1 N–H and O–H groups in total. The van der Waals surface area contributed by atoms with Gasteiger partial charge in [0.25, 0.3) is 0 Å². The maximum atomic E-state index is 12.5. The van der Waals surface area contributed by atoms with Crippen molar-refractivity contribution >= 4 is 16.7 Å². The molecule has 1 aliphatic rings. The van der Waals surface area contributed by atoms with Crippen LogP contribution < -0.4 is 5.32 Å². The average molecular weight is 288 g/mol. The summed E-state index contributed by atoms with van der Waals surface area (Å²) in [6.45, 7) is 11.0. The lowest BCUT2D eigenvalue weighted by molar-refractivity contribution is -0.130. The first-order valence-corrected chi connectivity index (χ1v) is 8.74. The molecule has 0 radical (unpaired) electrons. The summed E-state index contributed by atoms with van der Waals surface area (Å²) >= 11 is 0. The second-order valence-electron chi connectivity index (χ2n) is 6.34. The first kappa shape index (κ1) is 16.6. The average Bonchev–Trinajstić information content (AvgIpc) is 2.57. The minimum absolute atomic E-state index is 0.0183. The molecule has 0 spiro atoms. The van der Waals surface area contributed by atoms with E-state index in [0.717, 1.165) is 6.42 Å².